The van der Waals surface area contributed by atoms with E-state index in [1.165, 1.54) is 13.2 Å². The molecule has 0 radical (unpaired) electrons. The van der Waals surface area contributed by atoms with Crippen LogP contribution in [-0.2, 0) is 11.3 Å². The minimum absolute atomic E-state index is 0.0475. The van der Waals surface area contributed by atoms with Crippen LogP contribution in [0.25, 0.3) is 0 Å². The first-order chi connectivity index (χ1) is 12.0. The van der Waals surface area contributed by atoms with Crippen molar-refractivity contribution >= 4 is 11.6 Å². The van der Waals surface area contributed by atoms with Crippen molar-refractivity contribution in [1.29, 1.82) is 0 Å². The van der Waals surface area contributed by atoms with Gasteiger partial charge in [-0.2, -0.15) is 0 Å². The van der Waals surface area contributed by atoms with Crippen LogP contribution in [0, 0.1) is 11.6 Å². The van der Waals surface area contributed by atoms with E-state index in [2.05, 4.69) is 5.32 Å². The maximum Gasteiger partial charge on any atom is 0.238 e. The van der Waals surface area contributed by atoms with Crippen LogP contribution >= 0.6 is 0 Å². The minimum atomic E-state index is -0.814. The number of methoxy groups -OCH3 is 2. The Morgan fingerprint density at radius 2 is 1.72 bits per heavy atom. The maximum absolute atomic E-state index is 13.6. The zero-order valence-electron chi connectivity index (χ0n) is 14.3. The summed E-state index contributed by atoms with van der Waals surface area (Å²) in [6.07, 6.45) is 0. The van der Waals surface area contributed by atoms with Crippen molar-refractivity contribution in [3.8, 4) is 11.5 Å². The van der Waals surface area contributed by atoms with Crippen molar-refractivity contribution in [3.63, 3.8) is 0 Å². The summed E-state index contributed by atoms with van der Waals surface area (Å²) >= 11 is 0. The van der Waals surface area contributed by atoms with E-state index in [0.717, 1.165) is 17.7 Å². The highest BCUT2D eigenvalue weighted by molar-refractivity contribution is 5.92. The van der Waals surface area contributed by atoms with Gasteiger partial charge in [-0.25, -0.2) is 8.78 Å². The number of carbonyl (C=O) groups excluding carboxylic acids is 1. The van der Waals surface area contributed by atoms with Gasteiger partial charge in [0, 0.05) is 12.1 Å². The highest BCUT2D eigenvalue weighted by Gasteiger charge is 2.16. The van der Waals surface area contributed by atoms with Gasteiger partial charge in [0.1, 0.15) is 17.3 Å². The fourth-order valence-electron chi connectivity index (χ4n) is 2.47. The standard InChI is InChI=1S/C18H20F2N2O3/c1-22(10-12-6-4-9-15(24-2)18(12)25-3)11-16(23)21-17-13(19)7-5-8-14(17)20/h4-9H,10-11H2,1-3H3,(H,21,23). The van der Waals surface area contributed by atoms with Gasteiger partial charge in [-0.05, 0) is 25.2 Å². The number of hydrogen-bond donors (Lipinski definition) is 1. The third-order valence-corrected chi connectivity index (χ3v) is 3.57. The Balaban J connectivity index is 2.03. The molecule has 1 N–H and O–H groups in total. The second-order valence-corrected chi connectivity index (χ2v) is 5.47. The molecule has 25 heavy (non-hydrogen) atoms. The molecular weight excluding hydrogens is 330 g/mol. The Hall–Kier alpha value is -2.67. The average Bonchev–Trinajstić information content (AvgIpc) is 2.57. The summed E-state index contributed by atoms with van der Waals surface area (Å²) in [4.78, 5) is 13.8. The molecule has 0 bridgehead atoms. The summed E-state index contributed by atoms with van der Waals surface area (Å²) in [6.45, 7) is 0.349. The van der Waals surface area contributed by atoms with E-state index in [-0.39, 0.29) is 6.54 Å². The molecule has 134 valence electrons. The Kier molecular flexibility index (Phi) is 6.30. The van der Waals surface area contributed by atoms with Gasteiger partial charge in [0.25, 0.3) is 0 Å². The zero-order chi connectivity index (χ0) is 18.4. The van der Waals surface area contributed by atoms with E-state index in [1.807, 2.05) is 12.1 Å². The predicted molar refractivity (Wildman–Crippen MR) is 90.9 cm³/mol. The summed E-state index contributed by atoms with van der Waals surface area (Å²) < 4.78 is 37.7. The molecular formula is C18H20F2N2O3. The van der Waals surface area contributed by atoms with Crippen molar-refractivity contribution in [1.82, 2.24) is 4.90 Å². The molecule has 0 fully saturated rings. The molecule has 0 aliphatic carbocycles. The van der Waals surface area contributed by atoms with Gasteiger partial charge in [0.2, 0.25) is 5.91 Å². The van der Waals surface area contributed by atoms with Crippen LogP contribution in [-0.4, -0.2) is 38.6 Å². The monoisotopic (exact) mass is 350 g/mol. The van der Waals surface area contributed by atoms with Gasteiger partial charge in [-0.3, -0.25) is 9.69 Å². The number of halogens is 2. The van der Waals surface area contributed by atoms with Crippen molar-refractivity contribution in [2.24, 2.45) is 0 Å². The molecule has 0 heterocycles. The third-order valence-electron chi connectivity index (χ3n) is 3.57. The van der Waals surface area contributed by atoms with E-state index in [4.69, 9.17) is 9.47 Å². The van der Waals surface area contributed by atoms with Crippen LogP contribution in [0.3, 0.4) is 0 Å². The van der Waals surface area contributed by atoms with Crippen LogP contribution in [0.1, 0.15) is 5.56 Å². The molecule has 2 aromatic rings. The van der Waals surface area contributed by atoms with Crippen LogP contribution in [0.15, 0.2) is 36.4 Å². The first-order valence-electron chi connectivity index (χ1n) is 7.58. The van der Waals surface area contributed by atoms with Gasteiger partial charge in [0.05, 0.1) is 20.8 Å². The first-order valence-corrected chi connectivity index (χ1v) is 7.58. The van der Waals surface area contributed by atoms with Crippen molar-refractivity contribution in [3.05, 3.63) is 53.6 Å². The Morgan fingerprint density at radius 1 is 1.08 bits per heavy atom. The molecule has 0 aliphatic rings. The van der Waals surface area contributed by atoms with Gasteiger partial charge in [-0.15, -0.1) is 0 Å². The fraction of sp³-hybridized carbons (Fsp3) is 0.278. The highest BCUT2D eigenvalue weighted by atomic mass is 19.1. The maximum atomic E-state index is 13.6. The molecule has 5 nitrogen and oxygen atoms in total. The van der Waals surface area contributed by atoms with E-state index >= 15 is 0 Å². The molecule has 7 heteroatoms. The number of anilines is 1. The lowest BCUT2D eigenvalue weighted by atomic mass is 10.1. The molecule has 2 rings (SSSR count). The number of ether oxygens (including phenoxy) is 2. The number of hydrogen-bond acceptors (Lipinski definition) is 4. The lowest BCUT2D eigenvalue weighted by Crippen LogP contribution is -2.30. The Bertz CT molecular complexity index is 733. The summed E-state index contributed by atoms with van der Waals surface area (Å²) in [5, 5.41) is 2.26. The van der Waals surface area contributed by atoms with Crippen molar-refractivity contribution < 1.29 is 23.0 Å². The quantitative estimate of drug-likeness (QED) is 0.834. The summed E-state index contributed by atoms with van der Waals surface area (Å²) in [7, 11) is 4.80. The van der Waals surface area contributed by atoms with Crippen molar-refractivity contribution in [2.45, 2.75) is 6.54 Å². The molecule has 0 unspecified atom stereocenters. The van der Waals surface area contributed by atoms with Crippen LogP contribution in [0.5, 0.6) is 11.5 Å². The molecule has 0 atom stereocenters. The van der Waals surface area contributed by atoms with Crippen LogP contribution in [0.2, 0.25) is 0 Å². The minimum Gasteiger partial charge on any atom is -0.493 e. The van der Waals surface area contributed by atoms with E-state index in [9.17, 15) is 13.6 Å². The van der Waals surface area contributed by atoms with Crippen LogP contribution in [0.4, 0.5) is 14.5 Å². The second kappa shape index (κ2) is 8.43. The lowest BCUT2D eigenvalue weighted by Gasteiger charge is -2.19. The van der Waals surface area contributed by atoms with E-state index in [0.29, 0.717) is 18.0 Å². The number of nitrogens with one attached hydrogen (secondary N) is 1. The van der Waals surface area contributed by atoms with E-state index in [1.54, 1.807) is 25.1 Å². The summed E-state index contributed by atoms with van der Waals surface area (Å²) in [5.41, 5.74) is 0.383. The zero-order valence-corrected chi connectivity index (χ0v) is 14.3. The molecule has 0 aliphatic heterocycles. The van der Waals surface area contributed by atoms with Gasteiger partial charge < -0.3 is 14.8 Å². The Labute approximate surface area is 145 Å². The molecule has 2 aromatic carbocycles. The fourth-order valence-corrected chi connectivity index (χ4v) is 2.47. The number of benzene rings is 2. The average molecular weight is 350 g/mol. The molecule has 0 saturated carbocycles. The number of likely N-dealkylation sites (N-methyl/N-ethyl adjacent to an activating group) is 1. The number of para-hydroxylation sites is 2. The van der Waals surface area contributed by atoms with Gasteiger partial charge in [-0.1, -0.05) is 18.2 Å². The Morgan fingerprint density at radius 3 is 2.32 bits per heavy atom. The SMILES string of the molecule is COc1cccc(CN(C)CC(=O)Nc2c(F)cccc2F)c1OC. The van der Waals surface area contributed by atoms with Gasteiger partial charge in [0.15, 0.2) is 11.5 Å². The molecule has 0 aromatic heterocycles. The highest BCUT2D eigenvalue weighted by Crippen LogP contribution is 2.31. The second-order valence-electron chi connectivity index (χ2n) is 5.47. The smallest absolute Gasteiger partial charge is 0.238 e. The summed E-state index contributed by atoms with van der Waals surface area (Å²) in [6, 6.07) is 8.86. The predicted octanol–water partition coefficient (Wildman–Crippen LogP) is 3.05. The molecule has 1 amide bonds. The number of carbonyl (C=O) groups is 1. The number of amides is 1. The lowest BCUT2D eigenvalue weighted by molar-refractivity contribution is -0.117. The molecule has 0 spiro atoms. The largest absolute Gasteiger partial charge is 0.493 e. The third kappa shape index (κ3) is 4.67. The number of rotatable bonds is 7. The normalized spacial score (nSPS) is 10.6. The molecule has 0 saturated heterocycles. The topological polar surface area (TPSA) is 50.8 Å². The number of nitrogens with zero attached hydrogens (tertiary/aromatic N) is 1. The van der Waals surface area contributed by atoms with Crippen molar-refractivity contribution in [2.75, 3.05) is 33.1 Å². The van der Waals surface area contributed by atoms with E-state index < -0.39 is 23.2 Å². The first kappa shape index (κ1) is 18.7. The van der Waals surface area contributed by atoms with Gasteiger partial charge >= 0.3 is 0 Å². The van der Waals surface area contributed by atoms with Crippen LogP contribution < -0.4 is 14.8 Å². The summed E-state index contributed by atoms with van der Waals surface area (Å²) in [5.74, 6) is -0.979.